The van der Waals surface area contributed by atoms with Crippen LogP contribution in [0.5, 0.6) is 0 Å². The van der Waals surface area contributed by atoms with E-state index in [9.17, 15) is 0 Å². The van der Waals surface area contributed by atoms with E-state index in [-0.39, 0.29) is 0 Å². The molecule has 2 heteroatoms. The zero-order valence-electron chi connectivity index (χ0n) is 11.5. The van der Waals surface area contributed by atoms with Crippen molar-refractivity contribution in [2.75, 3.05) is 0 Å². The van der Waals surface area contributed by atoms with Gasteiger partial charge >= 0.3 is 0 Å². The number of hydrogen-bond donors (Lipinski definition) is 1. The van der Waals surface area contributed by atoms with Crippen LogP contribution in [0.4, 0.5) is 0 Å². The molecule has 0 radical (unpaired) electrons. The van der Waals surface area contributed by atoms with Gasteiger partial charge in [-0.05, 0) is 55.8 Å². The Morgan fingerprint density at radius 1 is 0.944 bits per heavy atom. The normalized spacial score (nSPS) is 14.4. The van der Waals surface area contributed by atoms with Crippen LogP contribution in [0.2, 0.25) is 0 Å². The fourth-order valence-corrected chi connectivity index (χ4v) is 3.39. The molecule has 0 fully saturated rings. The van der Waals surface area contributed by atoms with E-state index in [1.807, 2.05) is 11.3 Å². The largest absolute Gasteiger partial charge is 0.303 e. The second-order valence-electron chi connectivity index (χ2n) is 4.93. The van der Waals surface area contributed by atoms with Crippen molar-refractivity contribution >= 4 is 11.3 Å². The quantitative estimate of drug-likeness (QED) is 0.833. The van der Waals surface area contributed by atoms with Crippen LogP contribution in [0.15, 0.2) is 35.7 Å². The van der Waals surface area contributed by atoms with Gasteiger partial charge in [0.05, 0.1) is 0 Å². The Kier molecular flexibility index (Phi) is 4.20. The zero-order chi connectivity index (χ0) is 13.1. The highest BCUT2D eigenvalue weighted by Crippen LogP contribution is 2.26. The van der Waals surface area contributed by atoms with E-state index < -0.39 is 0 Å². The summed E-state index contributed by atoms with van der Waals surface area (Å²) in [5.74, 6) is 0. The Bertz CT molecular complexity index is 515. The van der Waals surface area contributed by atoms with Gasteiger partial charge in [0.25, 0.3) is 0 Å². The summed E-state index contributed by atoms with van der Waals surface area (Å²) in [7, 11) is 0. The lowest BCUT2D eigenvalue weighted by Gasteiger charge is -2.21. The summed E-state index contributed by atoms with van der Waals surface area (Å²) in [5.41, 5.74) is 4.13. The van der Waals surface area contributed by atoms with Crippen molar-refractivity contribution in [2.24, 2.45) is 0 Å². The number of thiophene rings is 1. The van der Waals surface area contributed by atoms with Crippen LogP contribution in [0.3, 0.4) is 0 Å². The molecule has 0 amide bonds. The smallest absolute Gasteiger partial charge is 0.0393 e. The summed E-state index contributed by atoms with van der Waals surface area (Å²) in [6, 6.07) is 11.6. The molecule has 0 aliphatic rings. The maximum absolute atomic E-state index is 3.69. The van der Waals surface area contributed by atoms with Gasteiger partial charge in [-0.25, -0.2) is 0 Å². The first-order valence-corrected chi connectivity index (χ1v) is 7.33. The molecule has 18 heavy (non-hydrogen) atoms. The summed E-state index contributed by atoms with van der Waals surface area (Å²) in [5, 5.41) is 5.86. The maximum Gasteiger partial charge on any atom is 0.0393 e. The molecule has 1 unspecified atom stereocenters. The molecular formula is C16H21NS. The molecule has 2 atom stereocenters. The van der Waals surface area contributed by atoms with Gasteiger partial charge in [0, 0.05) is 17.0 Å². The molecular weight excluding hydrogens is 238 g/mol. The number of hydrogen-bond acceptors (Lipinski definition) is 2. The lowest BCUT2D eigenvalue weighted by atomic mass is 10.0. The number of benzene rings is 1. The molecule has 1 aromatic heterocycles. The van der Waals surface area contributed by atoms with Crippen molar-refractivity contribution in [3.8, 4) is 0 Å². The van der Waals surface area contributed by atoms with Gasteiger partial charge in [-0.1, -0.05) is 24.3 Å². The molecule has 1 heterocycles. The molecule has 1 aromatic carbocycles. The first kappa shape index (κ1) is 13.3. The van der Waals surface area contributed by atoms with Crippen LogP contribution >= 0.6 is 11.3 Å². The van der Waals surface area contributed by atoms with Crippen LogP contribution in [-0.2, 0) is 0 Å². The zero-order valence-corrected chi connectivity index (χ0v) is 12.3. The number of nitrogens with one attached hydrogen (secondary N) is 1. The standard InChI is InChI=1S/C16H21NS/c1-11-7-5-6-8-15(11)13(3)17-14(4)16-12(2)9-10-18-16/h5-10,13-14,17H,1-4H3/t13-,14?/m0/s1. The predicted molar refractivity (Wildman–Crippen MR) is 80.2 cm³/mol. The first-order valence-electron chi connectivity index (χ1n) is 6.45. The molecule has 0 saturated carbocycles. The highest BCUT2D eigenvalue weighted by molar-refractivity contribution is 7.10. The third-order valence-corrected chi connectivity index (χ3v) is 4.65. The number of rotatable bonds is 4. The molecule has 0 saturated heterocycles. The third-order valence-electron chi connectivity index (χ3n) is 3.45. The van der Waals surface area contributed by atoms with Gasteiger partial charge < -0.3 is 5.32 Å². The van der Waals surface area contributed by atoms with E-state index in [0.29, 0.717) is 12.1 Å². The first-order chi connectivity index (χ1) is 8.59. The average Bonchev–Trinajstić information content (AvgIpc) is 2.76. The van der Waals surface area contributed by atoms with Crippen LogP contribution in [0, 0.1) is 13.8 Å². The van der Waals surface area contributed by atoms with Gasteiger partial charge in [-0.3, -0.25) is 0 Å². The lowest BCUT2D eigenvalue weighted by molar-refractivity contribution is 0.497. The van der Waals surface area contributed by atoms with E-state index in [1.54, 1.807) is 0 Å². The Labute approximate surface area is 114 Å². The molecule has 1 nitrogen and oxygen atoms in total. The van der Waals surface area contributed by atoms with Gasteiger partial charge in [0.1, 0.15) is 0 Å². The summed E-state index contributed by atoms with van der Waals surface area (Å²) in [6.45, 7) is 8.84. The number of aryl methyl sites for hydroxylation is 2. The van der Waals surface area contributed by atoms with Gasteiger partial charge in [0.15, 0.2) is 0 Å². The lowest BCUT2D eigenvalue weighted by Crippen LogP contribution is -2.22. The molecule has 0 aliphatic carbocycles. The van der Waals surface area contributed by atoms with Crippen LogP contribution in [0.1, 0.15) is 47.5 Å². The van der Waals surface area contributed by atoms with Crippen molar-refractivity contribution in [1.29, 1.82) is 0 Å². The fraction of sp³-hybridized carbons (Fsp3) is 0.375. The molecule has 1 N–H and O–H groups in total. The van der Waals surface area contributed by atoms with Gasteiger partial charge in [0.2, 0.25) is 0 Å². The maximum atomic E-state index is 3.69. The Morgan fingerprint density at radius 2 is 1.67 bits per heavy atom. The molecule has 0 bridgehead atoms. The second-order valence-corrected chi connectivity index (χ2v) is 5.88. The van der Waals surface area contributed by atoms with Crippen LogP contribution < -0.4 is 5.32 Å². The highest BCUT2D eigenvalue weighted by Gasteiger charge is 2.14. The second kappa shape index (κ2) is 5.68. The van der Waals surface area contributed by atoms with E-state index in [0.717, 1.165) is 0 Å². The van der Waals surface area contributed by atoms with Crippen LogP contribution in [-0.4, -0.2) is 0 Å². The van der Waals surface area contributed by atoms with Gasteiger partial charge in [-0.15, -0.1) is 11.3 Å². The van der Waals surface area contributed by atoms with Gasteiger partial charge in [-0.2, -0.15) is 0 Å². The minimum atomic E-state index is 0.377. The Hall–Kier alpha value is -1.12. The van der Waals surface area contributed by atoms with E-state index in [1.165, 1.54) is 21.6 Å². The van der Waals surface area contributed by atoms with E-state index in [2.05, 4.69) is 68.7 Å². The summed E-state index contributed by atoms with van der Waals surface area (Å²) >= 11 is 1.84. The Balaban J connectivity index is 2.11. The van der Waals surface area contributed by atoms with Crippen molar-refractivity contribution < 1.29 is 0 Å². The van der Waals surface area contributed by atoms with E-state index >= 15 is 0 Å². The fourth-order valence-electron chi connectivity index (χ4n) is 2.44. The molecule has 0 spiro atoms. The summed E-state index contributed by atoms with van der Waals surface area (Å²) < 4.78 is 0. The minimum Gasteiger partial charge on any atom is -0.303 e. The van der Waals surface area contributed by atoms with Crippen LogP contribution in [0.25, 0.3) is 0 Å². The van der Waals surface area contributed by atoms with Crippen molar-refractivity contribution in [3.63, 3.8) is 0 Å². The van der Waals surface area contributed by atoms with Crippen molar-refractivity contribution in [1.82, 2.24) is 5.32 Å². The van der Waals surface area contributed by atoms with Crippen molar-refractivity contribution in [3.05, 3.63) is 57.3 Å². The monoisotopic (exact) mass is 259 g/mol. The summed E-state index contributed by atoms with van der Waals surface area (Å²) in [6.07, 6.45) is 0. The topological polar surface area (TPSA) is 12.0 Å². The minimum absolute atomic E-state index is 0.377. The van der Waals surface area contributed by atoms with Crippen molar-refractivity contribution in [2.45, 2.75) is 39.8 Å². The Morgan fingerprint density at radius 3 is 2.28 bits per heavy atom. The molecule has 2 aromatic rings. The summed E-state index contributed by atoms with van der Waals surface area (Å²) in [4.78, 5) is 1.44. The van der Waals surface area contributed by atoms with E-state index in [4.69, 9.17) is 0 Å². The predicted octanol–water partition coefficient (Wildman–Crippen LogP) is 4.78. The molecule has 96 valence electrons. The third kappa shape index (κ3) is 2.82. The molecule has 0 aliphatic heterocycles. The average molecular weight is 259 g/mol. The molecule has 2 rings (SSSR count). The SMILES string of the molecule is Cc1ccccc1[C@H](C)NC(C)c1sccc1C. The highest BCUT2D eigenvalue weighted by atomic mass is 32.1.